The SMILES string of the molecule is [CH]CCC1CN(C)C1. The highest BCUT2D eigenvalue weighted by Gasteiger charge is 2.21. The first-order valence-corrected chi connectivity index (χ1v) is 3.21. The second-order valence-corrected chi connectivity index (χ2v) is 2.66. The minimum Gasteiger partial charge on any atom is -0.306 e. The van der Waals surface area contributed by atoms with E-state index in [-0.39, 0.29) is 0 Å². The third kappa shape index (κ3) is 1.22. The van der Waals surface area contributed by atoms with Crippen LogP contribution in [0.25, 0.3) is 0 Å². The summed E-state index contributed by atoms with van der Waals surface area (Å²) in [6.45, 7) is 7.89. The van der Waals surface area contributed by atoms with Crippen LogP contribution in [-0.2, 0) is 0 Å². The monoisotopic (exact) mass is 111 g/mol. The van der Waals surface area contributed by atoms with Gasteiger partial charge in [0.1, 0.15) is 0 Å². The largest absolute Gasteiger partial charge is 0.306 e. The smallest absolute Gasteiger partial charge is 0.00190 e. The van der Waals surface area contributed by atoms with E-state index in [1.165, 1.54) is 19.5 Å². The molecule has 0 N–H and O–H groups in total. The van der Waals surface area contributed by atoms with Crippen LogP contribution in [0.1, 0.15) is 12.8 Å². The molecule has 1 heteroatoms. The molecule has 2 radical (unpaired) electrons. The van der Waals surface area contributed by atoms with E-state index in [1.54, 1.807) is 0 Å². The molecule has 0 atom stereocenters. The van der Waals surface area contributed by atoms with E-state index in [1.807, 2.05) is 0 Å². The molecule has 1 heterocycles. The van der Waals surface area contributed by atoms with Crippen LogP contribution in [0.5, 0.6) is 0 Å². The second-order valence-electron chi connectivity index (χ2n) is 2.66. The van der Waals surface area contributed by atoms with Gasteiger partial charge >= 0.3 is 0 Å². The van der Waals surface area contributed by atoms with Crippen molar-refractivity contribution in [2.24, 2.45) is 5.92 Å². The molecule has 0 aromatic heterocycles. The van der Waals surface area contributed by atoms with E-state index in [0.717, 1.165) is 12.3 Å². The summed E-state index contributed by atoms with van der Waals surface area (Å²) in [7, 11) is 2.15. The van der Waals surface area contributed by atoms with E-state index in [9.17, 15) is 0 Å². The van der Waals surface area contributed by atoms with Crippen LogP contribution in [0, 0.1) is 12.8 Å². The predicted octanol–water partition coefficient (Wildman–Crippen LogP) is 1.04. The molecule has 1 rings (SSSR count). The fourth-order valence-corrected chi connectivity index (χ4v) is 1.25. The van der Waals surface area contributed by atoms with Crippen molar-refractivity contribution in [3.8, 4) is 0 Å². The molecular weight excluding hydrogens is 98.1 g/mol. The zero-order valence-corrected chi connectivity index (χ0v) is 5.43. The van der Waals surface area contributed by atoms with Gasteiger partial charge < -0.3 is 4.90 Å². The Hall–Kier alpha value is -0.0400. The maximum Gasteiger partial charge on any atom is 0.00190 e. The molecule has 1 aliphatic rings. The molecule has 8 heavy (non-hydrogen) atoms. The number of hydrogen-bond acceptors (Lipinski definition) is 1. The summed E-state index contributed by atoms with van der Waals surface area (Å²) in [5, 5.41) is 0. The van der Waals surface area contributed by atoms with E-state index in [2.05, 4.69) is 11.9 Å². The summed E-state index contributed by atoms with van der Waals surface area (Å²) in [4.78, 5) is 2.32. The van der Waals surface area contributed by atoms with Crippen LogP contribution in [0.2, 0.25) is 0 Å². The zero-order chi connectivity index (χ0) is 5.98. The fourth-order valence-electron chi connectivity index (χ4n) is 1.25. The van der Waals surface area contributed by atoms with Gasteiger partial charge in [0.15, 0.2) is 0 Å². The Morgan fingerprint density at radius 3 is 2.62 bits per heavy atom. The van der Waals surface area contributed by atoms with Gasteiger partial charge in [0.2, 0.25) is 0 Å². The standard InChI is InChI=1S/C7H13N/c1-3-4-7-5-8(2)6-7/h1,7H,3-6H2,2H3. The normalized spacial score (nSPS) is 23.2. The number of likely N-dealkylation sites (tertiary alicyclic amines) is 1. The van der Waals surface area contributed by atoms with Gasteiger partial charge in [-0.2, -0.15) is 0 Å². The molecule has 1 fully saturated rings. The first-order chi connectivity index (χ1) is 3.83. The molecule has 0 saturated carbocycles. The molecule has 0 amide bonds. The molecule has 0 bridgehead atoms. The van der Waals surface area contributed by atoms with Gasteiger partial charge in [0.25, 0.3) is 0 Å². The number of hydrogen-bond donors (Lipinski definition) is 0. The zero-order valence-electron chi connectivity index (χ0n) is 5.43. The van der Waals surface area contributed by atoms with Crippen LogP contribution in [-0.4, -0.2) is 25.0 Å². The molecule has 0 unspecified atom stereocenters. The average Bonchev–Trinajstić information content (AvgIpc) is 1.64. The third-order valence-electron chi connectivity index (χ3n) is 1.71. The molecule has 1 aliphatic heterocycles. The van der Waals surface area contributed by atoms with Crippen LogP contribution < -0.4 is 0 Å². The maximum atomic E-state index is 5.37. The van der Waals surface area contributed by atoms with Crippen molar-refractivity contribution in [3.63, 3.8) is 0 Å². The van der Waals surface area contributed by atoms with Gasteiger partial charge in [0, 0.05) is 13.1 Å². The van der Waals surface area contributed by atoms with Crippen molar-refractivity contribution in [2.45, 2.75) is 12.8 Å². The topological polar surface area (TPSA) is 3.24 Å². The summed E-state index contributed by atoms with van der Waals surface area (Å²) in [5.74, 6) is 0.907. The molecule has 0 aromatic carbocycles. The second kappa shape index (κ2) is 2.49. The fraction of sp³-hybridized carbons (Fsp3) is 0.857. The minimum absolute atomic E-state index is 0.860. The Labute approximate surface area is 51.7 Å². The Balaban J connectivity index is 1.98. The number of nitrogens with zero attached hydrogens (tertiary/aromatic N) is 1. The molecule has 1 nitrogen and oxygen atoms in total. The average molecular weight is 111 g/mol. The van der Waals surface area contributed by atoms with Gasteiger partial charge in [0.05, 0.1) is 0 Å². The quantitative estimate of drug-likeness (QED) is 0.514. The van der Waals surface area contributed by atoms with Crippen molar-refractivity contribution in [1.82, 2.24) is 4.90 Å². The Bertz CT molecular complexity index is 62.0. The van der Waals surface area contributed by atoms with Crippen LogP contribution in [0.3, 0.4) is 0 Å². The van der Waals surface area contributed by atoms with E-state index < -0.39 is 0 Å². The lowest BCUT2D eigenvalue weighted by Crippen LogP contribution is -2.43. The van der Waals surface area contributed by atoms with Gasteiger partial charge in [-0.1, -0.05) is 0 Å². The highest BCUT2D eigenvalue weighted by molar-refractivity contribution is 4.76. The summed E-state index contributed by atoms with van der Waals surface area (Å²) in [6.07, 6.45) is 2.07. The summed E-state index contributed by atoms with van der Waals surface area (Å²) < 4.78 is 0. The highest BCUT2D eigenvalue weighted by atomic mass is 15.2. The molecular formula is C7H13N. The lowest BCUT2D eigenvalue weighted by Gasteiger charge is -2.35. The van der Waals surface area contributed by atoms with Crippen molar-refractivity contribution in [1.29, 1.82) is 0 Å². The molecule has 1 saturated heterocycles. The number of rotatable bonds is 2. The van der Waals surface area contributed by atoms with Crippen LogP contribution in [0.4, 0.5) is 0 Å². The lowest BCUT2D eigenvalue weighted by atomic mass is 9.96. The molecule has 0 spiro atoms. The maximum absolute atomic E-state index is 5.37. The Kier molecular flexibility index (Phi) is 1.90. The van der Waals surface area contributed by atoms with Gasteiger partial charge in [-0.05, 0) is 32.7 Å². The van der Waals surface area contributed by atoms with Crippen molar-refractivity contribution in [3.05, 3.63) is 6.92 Å². The van der Waals surface area contributed by atoms with Gasteiger partial charge in [-0.25, -0.2) is 0 Å². The highest BCUT2D eigenvalue weighted by Crippen LogP contribution is 2.17. The van der Waals surface area contributed by atoms with E-state index >= 15 is 0 Å². The summed E-state index contributed by atoms with van der Waals surface area (Å²) in [5.41, 5.74) is 0. The van der Waals surface area contributed by atoms with Gasteiger partial charge in [-0.3, -0.25) is 0 Å². The molecule has 46 valence electrons. The predicted molar refractivity (Wildman–Crippen MR) is 34.5 cm³/mol. The minimum atomic E-state index is 0.860. The first-order valence-electron chi connectivity index (χ1n) is 3.21. The molecule has 0 aromatic rings. The van der Waals surface area contributed by atoms with Crippen LogP contribution in [0.15, 0.2) is 0 Å². The van der Waals surface area contributed by atoms with Gasteiger partial charge in [-0.15, -0.1) is 0 Å². The van der Waals surface area contributed by atoms with Crippen molar-refractivity contribution < 1.29 is 0 Å². The third-order valence-corrected chi connectivity index (χ3v) is 1.71. The summed E-state index contributed by atoms with van der Waals surface area (Å²) >= 11 is 0. The lowest BCUT2D eigenvalue weighted by molar-refractivity contribution is 0.128. The molecule has 0 aliphatic carbocycles. The van der Waals surface area contributed by atoms with Crippen molar-refractivity contribution >= 4 is 0 Å². The summed E-state index contributed by atoms with van der Waals surface area (Å²) in [6, 6.07) is 0. The Morgan fingerprint density at radius 1 is 1.62 bits per heavy atom. The first kappa shape index (κ1) is 6.09. The van der Waals surface area contributed by atoms with E-state index in [4.69, 9.17) is 6.92 Å². The van der Waals surface area contributed by atoms with Crippen molar-refractivity contribution in [2.75, 3.05) is 20.1 Å². The van der Waals surface area contributed by atoms with E-state index in [0.29, 0.717) is 0 Å². The Morgan fingerprint density at radius 2 is 2.25 bits per heavy atom. The van der Waals surface area contributed by atoms with Crippen LogP contribution >= 0.6 is 0 Å².